The molecule has 1 amide bonds. The average molecular weight is 222 g/mol. The Morgan fingerprint density at radius 3 is 2.81 bits per heavy atom. The smallest absolute Gasteiger partial charge is 0.240 e. The fourth-order valence-electron chi connectivity index (χ4n) is 2.52. The molecule has 0 aromatic rings. The molecule has 1 aliphatic carbocycles. The average Bonchev–Trinajstić information content (AvgIpc) is 2.97. The molecular weight excluding hydrogens is 204 g/mol. The molecule has 0 aromatic heterocycles. The normalized spacial score (nSPS) is 27.6. The number of nitriles is 1. The summed E-state index contributed by atoms with van der Waals surface area (Å²) in [6.45, 7) is 2.19. The van der Waals surface area contributed by atoms with Gasteiger partial charge in [0.15, 0.2) is 0 Å². The standard InChI is InChI=1S/C12H18N2O2/c13-9-12(4-1-2-5-12)11(15)14-7-10-3-6-16-8-10/h10H,1-8H2,(H,14,15). The number of amides is 1. The highest BCUT2D eigenvalue weighted by molar-refractivity contribution is 5.85. The molecule has 2 aliphatic rings. The van der Waals surface area contributed by atoms with Crippen molar-refractivity contribution in [2.24, 2.45) is 11.3 Å². The van der Waals surface area contributed by atoms with Crippen LogP contribution in [-0.4, -0.2) is 25.7 Å². The second-order valence-corrected chi connectivity index (χ2v) is 4.84. The van der Waals surface area contributed by atoms with Gasteiger partial charge in [0.2, 0.25) is 5.91 Å². The van der Waals surface area contributed by atoms with E-state index in [2.05, 4.69) is 11.4 Å². The molecule has 0 bridgehead atoms. The Morgan fingerprint density at radius 1 is 1.50 bits per heavy atom. The van der Waals surface area contributed by atoms with E-state index in [0.717, 1.165) is 45.3 Å². The van der Waals surface area contributed by atoms with Crippen LogP contribution in [0.15, 0.2) is 0 Å². The fraction of sp³-hybridized carbons (Fsp3) is 0.833. The van der Waals surface area contributed by atoms with E-state index < -0.39 is 5.41 Å². The van der Waals surface area contributed by atoms with Crippen LogP contribution in [0.2, 0.25) is 0 Å². The Labute approximate surface area is 96.0 Å². The van der Waals surface area contributed by atoms with Gasteiger partial charge in [-0.05, 0) is 19.3 Å². The summed E-state index contributed by atoms with van der Waals surface area (Å²) in [5, 5.41) is 12.1. The molecular formula is C12H18N2O2. The summed E-state index contributed by atoms with van der Waals surface area (Å²) in [5.74, 6) is 0.362. The van der Waals surface area contributed by atoms with Crippen LogP contribution in [0.25, 0.3) is 0 Å². The van der Waals surface area contributed by atoms with Gasteiger partial charge in [-0.25, -0.2) is 0 Å². The van der Waals surface area contributed by atoms with E-state index in [1.165, 1.54) is 0 Å². The molecule has 1 N–H and O–H groups in total. The van der Waals surface area contributed by atoms with Crippen LogP contribution in [0.3, 0.4) is 0 Å². The summed E-state index contributed by atoms with van der Waals surface area (Å²) in [7, 11) is 0. The zero-order valence-electron chi connectivity index (χ0n) is 9.50. The zero-order valence-corrected chi connectivity index (χ0v) is 9.50. The number of hydrogen-bond acceptors (Lipinski definition) is 3. The Hall–Kier alpha value is -1.08. The molecule has 1 unspecified atom stereocenters. The molecule has 0 aromatic carbocycles. The zero-order chi connectivity index (χ0) is 11.4. The first-order valence-electron chi connectivity index (χ1n) is 6.04. The lowest BCUT2D eigenvalue weighted by atomic mass is 9.87. The van der Waals surface area contributed by atoms with Crippen molar-refractivity contribution in [3.63, 3.8) is 0 Å². The van der Waals surface area contributed by atoms with Crippen LogP contribution in [0.5, 0.6) is 0 Å². The van der Waals surface area contributed by atoms with Crippen LogP contribution >= 0.6 is 0 Å². The van der Waals surface area contributed by atoms with Gasteiger partial charge in [-0.15, -0.1) is 0 Å². The third-order valence-electron chi connectivity index (χ3n) is 3.68. The predicted octanol–water partition coefficient (Wildman–Crippen LogP) is 1.22. The van der Waals surface area contributed by atoms with Gasteiger partial charge in [-0.1, -0.05) is 12.8 Å². The summed E-state index contributed by atoms with van der Waals surface area (Å²) in [5.41, 5.74) is -0.737. The van der Waals surface area contributed by atoms with E-state index in [9.17, 15) is 4.79 Å². The first kappa shape index (κ1) is 11.4. The lowest BCUT2D eigenvalue weighted by molar-refractivity contribution is -0.128. The Morgan fingerprint density at radius 2 is 2.25 bits per heavy atom. The molecule has 1 saturated carbocycles. The molecule has 1 atom stereocenters. The number of carbonyl (C=O) groups excluding carboxylic acids is 1. The summed E-state index contributed by atoms with van der Waals surface area (Å²) in [6, 6.07) is 2.21. The topological polar surface area (TPSA) is 62.1 Å². The van der Waals surface area contributed by atoms with Gasteiger partial charge in [0.25, 0.3) is 0 Å². The highest BCUT2D eigenvalue weighted by Gasteiger charge is 2.41. The third-order valence-corrected chi connectivity index (χ3v) is 3.68. The molecule has 2 rings (SSSR count). The first-order valence-corrected chi connectivity index (χ1v) is 6.04. The highest BCUT2D eigenvalue weighted by Crippen LogP contribution is 2.37. The Kier molecular flexibility index (Phi) is 3.45. The maximum atomic E-state index is 12.0. The molecule has 1 aliphatic heterocycles. The van der Waals surface area contributed by atoms with Crippen LogP contribution in [0.4, 0.5) is 0 Å². The SMILES string of the molecule is N#CC1(C(=O)NCC2CCOC2)CCCC1. The molecule has 0 radical (unpaired) electrons. The van der Waals surface area contributed by atoms with E-state index >= 15 is 0 Å². The van der Waals surface area contributed by atoms with Gasteiger partial charge < -0.3 is 10.1 Å². The van der Waals surface area contributed by atoms with Crippen LogP contribution < -0.4 is 5.32 Å². The van der Waals surface area contributed by atoms with E-state index in [1.807, 2.05) is 0 Å². The number of rotatable bonds is 3. The molecule has 16 heavy (non-hydrogen) atoms. The van der Waals surface area contributed by atoms with E-state index in [4.69, 9.17) is 10.00 Å². The minimum absolute atomic E-state index is 0.0700. The van der Waals surface area contributed by atoms with Crippen molar-refractivity contribution >= 4 is 5.91 Å². The number of carbonyl (C=O) groups is 1. The van der Waals surface area contributed by atoms with Gasteiger partial charge in [0.1, 0.15) is 5.41 Å². The largest absolute Gasteiger partial charge is 0.381 e. The molecule has 88 valence electrons. The third kappa shape index (κ3) is 2.19. The Bertz CT molecular complexity index is 297. The number of ether oxygens (including phenoxy) is 1. The van der Waals surface area contributed by atoms with Crippen molar-refractivity contribution in [1.29, 1.82) is 5.26 Å². The van der Waals surface area contributed by atoms with Crippen LogP contribution in [0.1, 0.15) is 32.1 Å². The van der Waals surface area contributed by atoms with Crippen LogP contribution in [-0.2, 0) is 9.53 Å². The predicted molar refractivity (Wildman–Crippen MR) is 58.4 cm³/mol. The summed E-state index contributed by atoms with van der Waals surface area (Å²) >= 11 is 0. The van der Waals surface area contributed by atoms with Crippen molar-refractivity contribution < 1.29 is 9.53 Å². The van der Waals surface area contributed by atoms with E-state index in [0.29, 0.717) is 12.5 Å². The summed E-state index contributed by atoms with van der Waals surface area (Å²) in [6.07, 6.45) is 4.44. The Balaban J connectivity index is 1.84. The van der Waals surface area contributed by atoms with Crippen molar-refractivity contribution in [3.05, 3.63) is 0 Å². The lowest BCUT2D eigenvalue weighted by Crippen LogP contribution is -2.40. The number of nitrogens with zero attached hydrogens (tertiary/aromatic N) is 1. The molecule has 2 fully saturated rings. The lowest BCUT2D eigenvalue weighted by Gasteiger charge is -2.20. The highest BCUT2D eigenvalue weighted by atomic mass is 16.5. The summed E-state index contributed by atoms with van der Waals surface area (Å²) < 4.78 is 5.25. The maximum Gasteiger partial charge on any atom is 0.240 e. The second kappa shape index (κ2) is 4.84. The van der Waals surface area contributed by atoms with E-state index in [-0.39, 0.29) is 5.91 Å². The molecule has 4 heteroatoms. The number of hydrogen-bond donors (Lipinski definition) is 1. The first-order chi connectivity index (χ1) is 7.77. The molecule has 1 saturated heterocycles. The quantitative estimate of drug-likeness (QED) is 0.781. The minimum atomic E-state index is -0.737. The van der Waals surface area contributed by atoms with Gasteiger partial charge in [-0.3, -0.25) is 4.79 Å². The monoisotopic (exact) mass is 222 g/mol. The van der Waals surface area contributed by atoms with E-state index in [1.54, 1.807) is 0 Å². The molecule has 4 nitrogen and oxygen atoms in total. The van der Waals surface area contributed by atoms with Crippen molar-refractivity contribution in [3.8, 4) is 6.07 Å². The molecule has 1 heterocycles. The second-order valence-electron chi connectivity index (χ2n) is 4.84. The van der Waals surface area contributed by atoms with Crippen molar-refractivity contribution in [2.75, 3.05) is 19.8 Å². The minimum Gasteiger partial charge on any atom is -0.381 e. The van der Waals surface area contributed by atoms with Gasteiger partial charge >= 0.3 is 0 Å². The van der Waals surface area contributed by atoms with Crippen molar-refractivity contribution in [2.45, 2.75) is 32.1 Å². The van der Waals surface area contributed by atoms with Crippen LogP contribution in [0, 0.1) is 22.7 Å². The van der Waals surface area contributed by atoms with Gasteiger partial charge in [-0.2, -0.15) is 5.26 Å². The molecule has 0 spiro atoms. The van der Waals surface area contributed by atoms with Gasteiger partial charge in [0, 0.05) is 19.1 Å². The fourth-order valence-corrected chi connectivity index (χ4v) is 2.52. The number of nitrogens with one attached hydrogen (secondary N) is 1. The van der Waals surface area contributed by atoms with Gasteiger partial charge in [0.05, 0.1) is 12.7 Å². The summed E-state index contributed by atoms with van der Waals surface area (Å²) in [4.78, 5) is 12.0. The maximum absolute atomic E-state index is 12.0. The van der Waals surface area contributed by atoms with Crippen molar-refractivity contribution in [1.82, 2.24) is 5.32 Å².